The first kappa shape index (κ1) is 14.1. The van der Waals surface area contributed by atoms with E-state index in [1.165, 1.54) is 0 Å². The number of carboxylic acid groups (broad SMARTS) is 1. The van der Waals surface area contributed by atoms with Crippen molar-refractivity contribution in [3.8, 4) is 0 Å². The summed E-state index contributed by atoms with van der Waals surface area (Å²) in [5.41, 5.74) is 2.89. The molecule has 2 rings (SSSR count). The fraction of sp³-hybridized carbons (Fsp3) is 0.250. The Balaban J connectivity index is 2.32. The maximum absolute atomic E-state index is 11.1. The van der Waals surface area contributed by atoms with Crippen LogP contribution >= 0.6 is 0 Å². The average Bonchev–Trinajstić information content (AvgIpc) is 2.46. The number of aromatic nitrogens is 1. The van der Waals surface area contributed by atoms with Gasteiger partial charge in [-0.15, -0.1) is 0 Å². The number of carboxylic acids is 1. The molecule has 1 aromatic carbocycles. The van der Waals surface area contributed by atoms with Crippen molar-refractivity contribution in [1.82, 2.24) is 4.98 Å². The van der Waals surface area contributed by atoms with Gasteiger partial charge in [0.25, 0.3) is 0 Å². The molecule has 1 atom stereocenters. The highest BCUT2D eigenvalue weighted by Crippen LogP contribution is 2.25. The lowest BCUT2D eigenvalue weighted by atomic mass is 10.1. The number of pyridine rings is 1. The van der Waals surface area contributed by atoms with Crippen LogP contribution in [-0.4, -0.2) is 22.6 Å². The van der Waals surface area contributed by atoms with E-state index in [2.05, 4.69) is 4.98 Å². The van der Waals surface area contributed by atoms with E-state index in [0.29, 0.717) is 0 Å². The molecule has 2 aromatic rings. The van der Waals surface area contributed by atoms with Crippen LogP contribution in [0.4, 0.5) is 5.69 Å². The first-order valence-corrected chi connectivity index (χ1v) is 6.54. The van der Waals surface area contributed by atoms with E-state index in [4.69, 9.17) is 5.11 Å². The summed E-state index contributed by atoms with van der Waals surface area (Å²) in [6.45, 7) is 3.92. The number of carbonyl (C=O) groups is 1. The number of aliphatic carboxylic acids is 1. The van der Waals surface area contributed by atoms with Crippen LogP contribution in [0.15, 0.2) is 48.7 Å². The Labute approximate surface area is 118 Å². The molecule has 0 bridgehead atoms. The first-order valence-electron chi connectivity index (χ1n) is 6.54. The Morgan fingerprint density at radius 1 is 1.25 bits per heavy atom. The second-order valence-electron chi connectivity index (χ2n) is 4.79. The van der Waals surface area contributed by atoms with Crippen molar-refractivity contribution in [2.75, 3.05) is 11.4 Å². The fourth-order valence-corrected chi connectivity index (χ4v) is 2.12. The van der Waals surface area contributed by atoms with Gasteiger partial charge in [0.1, 0.15) is 6.54 Å². The van der Waals surface area contributed by atoms with E-state index in [1.54, 1.807) is 6.20 Å². The van der Waals surface area contributed by atoms with Crippen molar-refractivity contribution in [2.45, 2.75) is 19.9 Å². The van der Waals surface area contributed by atoms with Gasteiger partial charge in [0.15, 0.2) is 0 Å². The Bertz CT molecular complexity index is 567. The summed E-state index contributed by atoms with van der Waals surface area (Å²) >= 11 is 0. The minimum absolute atomic E-state index is 0.0548. The van der Waals surface area contributed by atoms with Crippen molar-refractivity contribution in [2.24, 2.45) is 0 Å². The molecular formula is C16H18N2O2. The second kappa shape index (κ2) is 6.19. The monoisotopic (exact) mass is 270 g/mol. The zero-order chi connectivity index (χ0) is 14.5. The lowest BCUT2D eigenvalue weighted by Crippen LogP contribution is -2.32. The van der Waals surface area contributed by atoms with Crippen molar-refractivity contribution >= 4 is 11.7 Å². The predicted molar refractivity (Wildman–Crippen MR) is 78.8 cm³/mol. The van der Waals surface area contributed by atoms with Gasteiger partial charge in [-0.25, -0.2) is 0 Å². The lowest BCUT2D eigenvalue weighted by Gasteiger charge is -2.29. The Morgan fingerprint density at radius 2 is 1.95 bits per heavy atom. The molecule has 0 aliphatic rings. The normalized spacial score (nSPS) is 11.9. The zero-order valence-corrected chi connectivity index (χ0v) is 11.7. The first-order chi connectivity index (χ1) is 9.58. The van der Waals surface area contributed by atoms with Gasteiger partial charge in [0.2, 0.25) is 0 Å². The topological polar surface area (TPSA) is 53.4 Å². The molecule has 1 heterocycles. The van der Waals surface area contributed by atoms with Crippen LogP contribution in [0.25, 0.3) is 0 Å². The van der Waals surface area contributed by atoms with Crippen molar-refractivity contribution in [3.05, 3.63) is 59.9 Å². The molecule has 1 unspecified atom stereocenters. The number of aryl methyl sites for hydroxylation is 1. The van der Waals surface area contributed by atoms with Gasteiger partial charge >= 0.3 is 5.97 Å². The summed E-state index contributed by atoms with van der Waals surface area (Å²) in [5, 5.41) is 9.13. The van der Waals surface area contributed by atoms with Gasteiger partial charge in [-0.3, -0.25) is 9.78 Å². The maximum Gasteiger partial charge on any atom is 0.323 e. The number of hydrogen-bond acceptors (Lipinski definition) is 3. The van der Waals surface area contributed by atoms with Crippen LogP contribution in [0.1, 0.15) is 24.2 Å². The standard InChI is InChI=1S/C16H18N2O2/c1-12-6-8-14(9-7-12)18(11-16(19)20)13(2)15-5-3-4-10-17-15/h3-10,13H,11H2,1-2H3,(H,19,20). The SMILES string of the molecule is Cc1ccc(N(CC(=O)O)C(C)c2ccccn2)cc1. The van der Waals surface area contributed by atoms with Crippen molar-refractivity contribution < 1.29 is 9.90 Å². The molecule has 104 valence electrons. The Kier molecular flexibility index (Phi) is 4.35. The molecule has 4 heteroatoms. The van der Waals surface area contributed by atoms with Gasteiger partial charge in [-0.2, -0.15) is 0 Å². The summed E-state index contributed by atoms with van der Waals surface area (Å²) in [7, 11) is 0. The van der Waals surface area contributed by atoms with Gasteiger partial charge in [-0.05, 0) is 38.1 Å². The highest BCUT2D eigenvalue weighted by atomic mass is 16.4. The molecule has 0 saturated carbocycles. The van der Waals surface area contributed by atoms with E-state index in [1.807, 2.05) is 61.2 Å². The molecule has 0 aliphatic heterocycles. The highest BCUT2D eigenvalue weighted by Gasteiger charge is 2.19. The van der Waals surface area contributed by atoms with Crippen LogP contribution in [0.3, 0.4) is 0 Å². The molecule has 4 nitrogen and oxygen atoms in total. The summed E-state index contributed by atoms with van der Waals surface area (Å²) < 4.78 is 0. The molecule has 20 heavy (non-hydrogen) atoms. The van der Waals surface area contributed by atoms with E-state index < -0.39 is 5.97 Å². The number of rotatable bonds is 5. The third kappa shape index (κ3) is 3.35. The van der Waals surface area contributed by atoms with E-state index >= 15 is 0 Å². The maximum atomic E-state index is 11.1. The minimum Gasteiger partial charge on any atom is -0.480 e. The summed E-state index contributed by atoms with van der Waals surface area (Å²) in [5.74, 6) is -0.853. The van der Waals surface area contributed by atoms with Crippen LogP contribution in [0, 0.1) is 6.92 Å². The zero-order valence-electron chi connectivity index (χ0n) is 11.7. The number of anilines is 1. The van der Waals surface area contributed by atoms with E-state index in [-0.39, 0.29) is 12.6 Å². The van der Waals surface area contributed by atoms with Crippen molar-refractivity contribution in [1.29, 1.82) is 0 Å². The third-order valence-corrected chi connectivity index (χ3v) is 3.25. The summed E-state index contributed by atoms with van der Waals surface area (Å²) in [4.78, 5) is 17.3. The average molecular weight is 270 g/mol. The van der Waals surface area contributed by atoms with Gasteiger partial charge < -0.3 is 10.0 Å². The Hall–Kier alpha value is -2.36. The predicted octanol–water partition coefficient (Wildman–Crippen LogP) is 3.04. The van der Waals surface area contributed by atoms with E-state index in [9.17, 15) is 4.79 Å². The second-order valence-corrected chi connectivity index (χ2v) is 4.79. The molecule has 0 aliphatic carbocycles. The summed E-state index contributed by atoms with van der Waals surface area (Å²) in [6.07, 6.45) is 1.72. The molecule has 0 amide bonds. The third-order valence-electron chi connectivity index (χ3n) is 3.25. The van der Waals surface area contributed by atoms with Crippen molar-refractivity contribution in [3.63, 3.8) is 0 Å². The van der Waals surface area contributed by atoms with Gasteiger partial charge in [0, 0.05) is 11.9 Å². The fourth-order valence-electron chi connectivity index (χ4n) is 2.12. The molecule has 0 saturated heterocycles. The molecule has 0 fully saturated rings. The van der Waals surface area contributed by atoms with Crippen LogP contribution in [0.5, 0.6) is 0 Å². The summed E-state index contributed by atoms with van der Waals surface area (Å²) in [6, 6.07) is 13.4. The molecular weight excluding hydrogens is 252 g/mol. The smallest absolute Gasteiger partial charge is 0.323 e. The highest BCUT2D eigenvalue weighted by molar-refractivity contribution is 5.74. The number of nitrogens with zero attached hydrogens (tertiary/aromatic N) is 2. The minimum atomic E-state index is -0.853. The number of benzene rings is 1. The largest absolute Gasteiger partial charge is 0.480 e. The molecule has 1 aromatic heterocycles. The van der Waals surface area contributed by atoms with E-state index in [0.717, 1.165) is 16.9 Å². The molecule has 1 N–H and O–H groups in total. The number of hydrogen-bond donors (Lipinski definition) is 1. The Morgan fingerprint density at radius 3 is 2.50 bits per heavy atom. The van der Waals surface area contributed by atoms with Gasteiger partial charge in [0.05, 0.1) is 11.7 Å². The van der Waals surface area contributed by atoms with Gasteiger partial charge in [-0.1, -0.05) is 23.8 Å². The molecule has 0 radical (unpaired) electrons. The van der Waals surface area contributed by atoms with Crippen LogP contribution < -0.4 is 4.90 Å². The van der Waals surface area contributed by atoms with Crippen LogP contribution in [-0.2, 0) is 4.79 Å². The van der Waals surface area contributed by atoms with Crippen LogP contribution in [0.2, 0.25) is 0 Å². The lowest BCUT2D eigenvalue weighted by molar-refractivity contribution is -0.135. The quantitative estimate of drug-likeness (QED) is 0.907. The molecule has 0 spiro atoms.